The maximum atomic E-state index is 6.21. The zero-order chi connectivity index (χ0) is 13.4. The van der Waals surface area contributed by atoms with Crippen LogP contribution in [0, 0.1) is 0 Å². The fourth-order valence-corrected chi connectivity index (χ4v) is 2.51. The SMILES string of the molecule is CC(Cl)c1nc2cc(Br)cnc2n1Cc1ccoc1. The molecule has 6 heteroatoms. The van der Waals surface area contributed by atoms with Crippen molar-refractivity contribution in [3.63, 3.8) is 0 Å². The molecule has 0 saturated carbocycles. The topological polar surface area (TPSA) is 43.9 Å². The highest BCUT2D eigenvalue weighted by molar-refractivity contribution is 9.10. The first-order chi connectivity index (χ1) is 9.15. The van der Waals surface area contributed by atoms with Crippen molar-refractivity contribution in [2.45, 2.75) is 18.8 Å². The van der Waals surface area contributed by atoms with Crippen LogP contribution in [0.2, 0.25) is 0 Å². The fourth-order valence-electron chi connectivity index (χ4n) is 2.03. The molecule has 0 aliphatic heterocycles. The maximum Gasteiger partial charge on any atom is 0.160 e. The summed E-state index contributed by atoms with van der Waals surface area (Å²) in [6.45, 7) is 2.55. The molecule has 3 aromatic rings. The van der Waals surface area contributed by atoms with Gasteiger partial charge in [0.25, 0.3) is 0 Å². The smallest absolute Gasteiger partial charge is 0.160 e. The predicted molar refractivity (Wildman–Crippen MR) is 77.3 cm³/mol. The number of alkyl halides is 1. The predicted octanol–water partition coefficient (Wildman–Crippen LogP) is 4.13. The lowest BCUT2D eigenvalue weighted by Crippen LogP contribution is -2.05. The van der Waals surface area contributed by atoms with Crippen molar-refractivity contribution < 1.29 is 4.42 Å². The van der Waals surface area contributed by atoms with E-state index in [1.165, 1.54) is 0 Å². The Hall–Kier alpha value is -1.33. The zero-order valence-electron chi connectivity index (χ0n) is 10.2. The van der Waals surface area contributed by atoms with E-state index in [-0.39, 0.29) is 5.38 Å². The summed E-state index contributed by atoms with van der Waals surface area (Å²) < 4.78 is 8.02. The van der Waals surface area contributed by atoms with Gasteiger partial charge >= 0.3 is 0 Å². The van der Waals surface area contributed by atoms with Gasteiger partial charge in [-0.25, -0.2) is 9.97 Å². The van der Waals surface area contributed by atoms with Crippen LogP contribution in [-0.2, 0) is 6.54 Å². The van der Waals surface area contributed by atoms with Crippen LogP contribution < -0.4 is 0 Å². The third-order valence-corrected chi connectivity index (χ3v) is 3.49. The van der Waals surface area contributed by atoms with Crippen LogP contribution in [0.1, 0.15) is 23.7 Å². The number of rotatable bonds is 3. The van der Waals surface area contributed by atoms with E-state index in [1.54, 1.807) is 18.7 Å². The molecule has 3 rings (SSSR count). The Morgan fingerprint density at radius 2 is 2.37 bits per heavy atom. The lowest BCUT2D eigenvalue weighted by atomic mass is 10.3. The van der Waals surface area contributed by atoms with E-state index in [0.717, 1.165) is 27.0 Å². The number of hydrogen-bond donors (Lipinski definition) is 0. The van der Waals surface area contributed by atoms with Crippen LogP contribution in [0.15, 0.2) is 39.7 Å². The molecule has 4 nitrogen and oxygen atoms in total. The molecule has 19 heavy (non-hydrogen) atoms. The van der Waals surface area contributed by atoms with E-state index < -0.39 is 0 Å². The van der Waals surface area contributed by atoms with Gasteiger partial charge < -0.3 is 8.98 Å². The molecule has 0 amide bonds. The summed E-state index contributed by atoms with van der Waals surface area (Å²) in [4.78, 5) is 8.99. The molecule has 98 valence electrons. The molecule has 1 atom stereocenters. The molecule has 0 N–H and O–H groups in total. The number of pyridine rings is 1. The van der Waals surface area contributed by atoms with Gasteiger partial charge in [0.1, 0.15) is 11.3 Å². The summed E-state index contributed by atoms with van der Waals surface area (Å²) in [5.74, 6) is 0.809. The molecule has 0 bridgehead atoms. The van der Waals surface area contributed by atoms with Crippen LogP contribution >= 0.6 is 27.5 Å². The number of imidazole rings is 1. The Bertz CT molecular complexity index is 706. The first-order valence-electron chi connectivity index (χ1n) is 5.82. The molecular formula is C13H11BrClN3O. The van der Waals surface area contributed by atoms with E-state index in [1.807, 2.05) is 23.6 Å². The minimum absolute atomic E-state index is 0.181. The highest BCUT2D eigenvalue weighted by Crippen LogP contribution is 2.26. The molecule has 1 unspecified atom stereocenters. The highest BCUT2D eigenvalue weighted by atomic mass is 79.9. The normalized spacial score (nSPS) is 13.0. The standard InChI is InChI=1S/C13H11BrClN3O/c1-8(15)12-17-11-4-10(14)5-16-13(11)18(12)6-9-2-3-19-7-9/h2-5,7-8H,6H2,1H3. The van der Waals surface area contributed by atoms with Gasteiger partial charge in [-0.2, -0.15) is 0 Å². The molecular weight excluding hydrogens is 330 g/mol. The molecule has 0 saturated heterocycles. The number of furan rings is 1. The molecule has 3 aromatic heterocycles. The summed E-state index contributed by atoms with van der Waals surface area (Å²) in [6, 6.07) is 3.87. The van der Waals surface area contributed by atoms with Crippen molar-refractivity contribution in [3.8, 4) is 0 Å². The number of nitrogens with zero attached hydrogens (tertiary/aromatic N) is 3. The van der Waals surface area contributed by atoms with E-state index in [2.05, 4.69) is 25.9 Å². The minimum Gasteiger partial charge on any atom is -0.472 e. The average molecular weight is 341 g/mol. The van der Waals surface area contributed by atoms with Gasteiger partial charge in [-0.15, -0.1) is 11.6 Å². The van der Waals surface area contributed by atoms with Crippen LogP contribution in [0.3, 0.4) is 0 Å². The summed E-state index contributed by atoms with van der Waals surface area (Å²) >= 11 is 9.62. The Kier molecular flexibility index (Phi) is 3.33. The summed E-state index contributed by atoms with van der Waals surface area (Å²) in [6.07, 6.45) is 5.13. The lowest BCUT2D eigenvalue weighted by molar-refractivity contribution is 0.561. The van der Waals surface area contributed by atoms with Gasteiger partial charge in [-0.05, 0) is 35.0 Å². The van der Waals surface area contributed by atoms with Crippen LogP contribution in [0.4, 0.5) is 0 Å². The second-order valence-electron chi connectivity index (χ2n) is 4.30. The second kappa shape index (κ2) is 4.98. The van der Waals surface area contributed by atoms with Gasteiger partial charge in [0.15, 0.2) is 5.65 Å². The fraction of sp³-hybridized carbons (Fsp3) is 0.231. The first-order valence-corrected chi connectivity index (χ1v) is 7.05. The molecule has 0 fully saturated rings. The van der Waals surface area contributed by atoms with Crippen LogP contribution in [0.5, 0.6) is 0 Å². The Morgan fingerprint density at radius 1 is 1.53 bits per heavy atom. The highest BCUT2D eigenvalue weighted by Gasteiger charge is 2.16. The van der Waals surface area contributed by atoms with Crippen molar-refractivity contribution in [2.75, 3.05) is 0 Å². The van der Waals surface area contributed by atoms with Crippen molar-refractivity contribution in [2.24, 2.45) is 0 Å². The second-order valence-corrected chi connectivity index (χ2v) is 5.87. The summed E-state index contributed by atoms with van der Waals surface area (Å²) in [5, 5.41) is -0.181. The monoisotopic (exact) mass is 339 g/mol. The largest absolute Gasteiger partial charge is 0.472 e. The van der Waals surface area contributed by atoms with Crippen molar-refractivity contribution in [3.05, 3.63) is 46.7 Å². The van der Waals surface area contributed by atoms with Crippen LogP contribution in [0.25, 0.3) is 11.2 Å². The quantitative estimate of drug-likeness (QED) is 0.673. The molecule has 0 aliphatic carbocycles. The molecule has 0 radical (unpaired) electrons. The zero-order valence-corrected chi connectivity index (χ0v) is 12.5. The summed E-state index contributed by atoms with van der Waals surface area (Å²) in [5.41, 5.74) is 2.72. The van der Waals surface area contributed by atoms with Crippen molar-refractivity contribution in [1.82, 2.24) is 14.5 Å². The molecule has 0 aliphatic rings. The maximum absolute atomic E-state index is 6.21. The van der Waals surface area contributed by atoms with E-state index in [0.29, 0.717) is 6.54 Å². The van der Waals surface area contributed by atoms with E-state index >= 15 is 0 Å². The molecule has 0 spiro atoms. The molecule has 3 heterocycles. The Balaban J connectivity index is 2.16. The van der Waals surface area contributed by atoms with E-state index in [4.69, 9.17) is 16.0 Å². The number of hydrogen-bond acceptors (Lipinski definition) is 3. The summed E-state index contributed by atoms with van der Waals surface area (Å²) in [7, 11) is 0. The Labute approximate surface area is 123 Å². The number of aromatic nitrogens is 3. The first kappa shape index (κ1) is 12.7. The van der Waals surface area contributed by atoms with Gasteiger partial charge in [0.05, 0.1) is 24.4 Å². The molecule has 0 aromatic carbocycles. The average Bonchev–Trinajstić information content (AvgIpc) is 2.97. The van der Waals surface area contributed by atoms with Gasteiger partial charge in [0.2, 0.25) is 0 Å². The number of fused-ring (bicyclic) bond motifs is 1. The van der Waals surface area contributed by atoms with Gasteiger partial charge in [-0.1, -0.05) is 0 Å². The third kappa shape index (κ3) is 2.40. The Morgan fingerprint density at radius 3 is 3.05 bits per heavy atom. The van der Waals surface area contributed by atoms with Gasteiger partial charge in [-0.3, -0.25) is 0 Å². The van der Waals surface area contributed by atoms with Crippen LogP contribution in [-0.4, -0.2) is 14.5 Å². The van der Waals surface area contributed by atoms with Crippen molar-refractivity contribution in [1.29, 1.82) is 0 Å². The minimum atomic E-state index is -0.181. The van der Waals surface area contributed by atoms with Gasteiger partial charge in [0, 0.05) is 16.2 Å². The van der Waals surface area contributed by atoms with Crippen molar-refractivity contribution >= 4 is 38.7 Å². The third-order valence-electron chi connectivity index (χ3n) is 2.86. The number of halogens is 2. The lowest BCUT2D eigenvalue weighted by Gasteiger charge is -2.08. The van der Waals surface area contributed by atoms with E-state index in [9.17, 15) is 0 Å².